The number of carbonyl (C=O) groups excluding carboxylic acids is 1. The van der Waals surface area contributed by atoms with Gasteiger partial charge in [-0.3, -0.25) is 9.78 Å². The maximum atomic E-state index is 11.8. The van der Waals surface area contributed by atoms with E-state index in [1.165, 1.54) is 7.11 Å². The average Bonchev–Trinajstić information content (AvgIpc) is 2.53. The average molecular weight is 283 g/mol. The Kier molecular flexibility index (Phi) is 4.72. The van der Waals surface area contributed by atoms with E-state index in [0.717, 1.165) is 0 Å². The van der Waals surface area contributed by atoms with Gasteiger partial charge >= 0.3 is 0 Å². The first-order valence-electron chi connectivity index (χ1n) is 6.13. The molecule has 0 unspecified atom stereocenters. The fourth-order valence-corrected chi connectivity index (χ4v) is 1.63. The van der Waals surface area contributed by atoms with Crippen LogP contribution < -0.4 is 14.8 Å². The predicted octanol–water partition coefficient (Wildman–Crippen LogP) is 1.98. The van der Waals surface area contributed by atoms with Gasteiger partial charge in [0.2, 0.25) is 0 Å². The molecular formula is C15H13N3O3. The molecule has 0 saturated carbocycles. The molecule has 0 aliphatic heterocycles. The van der Waals surface area contributed by atoms with Crippen LogP contribution in [0.5, 0.6) is 11.5 Å². The summed E-state index contributed by atoms with van der Waals surface area (Å²) in [7, 11) is 1.47. The van der Waals surface area contributed by atoms with Crippen molar-refractivity contribution >= 4 is 11.6 Å². The number of benzene rings is 1. The smallest absolute Gasteiger partial charge is 0.262 e. The third-order valence-electron chi connectivity index (χ3n) is 2.60. The number of hydrogen-bond donors (Lipinski definition) is 1. The van der Waals surface area contributed by atoms with Crippen molar-refractivity contribution in [1.82, 2.24) is 4.98 Å². The van der Waals surface area contributed by atoms with Crippen LogP contribution in [-0.2, 0) is 4.79 Å². The largest absolute Gasteiger partial charge is 0.493 e. The fraction of sp³-hybridized carbons (Fsp3) is 0.133. The molecule has 1 aromatic heterocycles. The summed E-state index contributed by atoms with van der Waals surface area (Å²) >= 11 is 0. The van der Waals surface area contributed by atoms with Gasteiger partial charge < -0.3 is 14.8 Å². The highest BCUT2D eigenvalue weighted by molar-refractivity contribution is 5.91. The van der Waals surface area contributed by atoms with Crippen molar-refractivity contribution in [3.8, 4) is 17.6 Å². The Hall–Kier alpha value is -3.07. The second kappa shape index (κ2) is 6.91. The number of hydrogen-bond acceptors (Lipinski definition) is 5. The molecule has 106 valence electrons. The molecule has 1 aromatic carbocycles. The quantitative estimate of drug-likeness (QED) is 0.907. The van der Waals surface area contributed by atoms with E-state index in [4.69, 9.17) is 14.7 Å². The molecule has 2 rings (SSSR count). The topological polar surface area (TPSA) is 84.2 Å². The van der Waals surface area contributed by atoms with Crippen LogP contribution in [-0.4, -0.2) is 24.6 Å². The van der Waals surface area contributed by atoms with E-state index in [9.17, 15) is 4.79 Å². The zero-order valence-corrected chi connectivity index (χ0v) is 11.4. The molecule has 1 amide bonds. The maximum Gasteiger partial charge on any atom is 0.262 e. The summed E-state index contributed by atoms with van der Waals surface area (Å²) in [5.74, 6) is 0.496. The normalized spacial score (nSPS) is 9.52. The number of ether oxygens (including phenoxy) is 2. The van der Waals surface area contributed by atoms with Crippen molar-refractivity contribution in [3.63, 3.8) is 0 Å². The summed E-state index contributed by atoms with van der Waals surface area (Å²) in [5.41, 5.74) is 1.05. The Balaban J connectivity index is 1.97. The van der Waals surface area contributed by atoms with E-state index in [0.29, 0.717) is 22.7 Å². The van der Waals surface area contributed by atoms with E-state index in [-0.39, 0.29) is 12.5 Å². The minimum atomic E-state index is -0.311. The SMILES string of the molecule is COc1cc(C#N)ccc1OCC(=O)Nc1cccnc1. The highest BCUT2D eigenvalue weighted by Crippen LogP contribution is 2.27. The number of carbonyl (C=O) groups is 1. The van der Waals surface area contributed by atoms with E-state index in [1.807, 2.05) is 6.07 Å². The van der Waals surface area contributed by atoms with Crippen molar-refractivity contribution < 1.29 is 14.3 Å². The van der Waals surface area contributed by atoms with E-state index in [1.54, 1.807) is 42.7 Å². The standard InChI is InChI=1S/C15H13N3O3/c1-20-14-7-11(8-16)4-5-13(14)21-10-15(19)18-12-3-2-6-17-9-12/h2-7,9H,10H2,1H3,(H,18,19). The minimum Gasteiger partial charge on any atom is -0.493 e. The van der Waals surface area contributed by atoms with Crippen molar-refractivity contribution in [2.45, 2.75) is 0 Å². The minimum absolute atomic E-state index is 0.169. The molecule has 0 saturated heterocycles. The molecule has 6 nitrogen and oxygen atoms in total. The fourth-order valence-electron chi connectivity index (χ4n) is 1.63. The van der Waals surface area contributed by atoms with Crippen LogP contribution in [0.2, 0.25) is 0 Å². The molecule has 21 heavy (non-hydrogen) atoms. The number of pyridine rings is 1. The van der Waals surface area contributed by atoms with Gasteiger partial charge in [0.15, 0.2) is 18.1 Å². The Morgan fingerprint density at radius 3 is 2.90 bits per heavy atom. The third kappa shape index (κ3) is 3.94. The molecule has 0 atom stereocenters. The van der Waals surface area contributed by atoms with Gasteiger partial charge in [0.05, 0.1) is 30.6 Å². The first kappa shape index (κ1) is 14.3. The van der Waals surface area contributed by atoms with E-state index < -0.39 is 0 Å². The van der Waals surface area contributed by atoms with E-state index >= 15 is 0 Å². The van der Waals surface area contributed by atoms with Crippen LogP contribution in [0.15, 0.2) is 42.7 Å². The highest BCUT2D eigenvalue weighted by Gasteiger charge is 2.09. The lowest BCUT2D eigenvalue weighted by molar-refractivity contribution is -0.118. The molecule has 0 spiro atoms. The second-order valence-electron chi connectivity index (χ2n) is 4.06. The Morgan fingerprint density at radius 1 is 1.38 bits per heavy atom. The number of nitrogens with one attached hydrogen (secondary N) is 1. The predicted molar refractivity (Wildman–Crippen MR) is 76.1 cm³/mol. The van der Waals surface area contributed by atoms with Crippen LogP contribution in [0.4, 0.5) is 5.69 Å². The van der Waals surface area contributed by atoms with Crippen LogP contribution in [0.1, 0.15) is 5.56 Å². The van der Waals surface area contributed by atoms with Crippen LogP contribution in [0, 0.1) is 11.3 Å². The Bertz CT molecular complexity index is 666. The number of aromatic nitrogens is 1. The number of nitriles is 1. The molecule has 1 heterocycles. The molecule has 6 heteroatoms. The van der Waals surface area contributed by atoms with Crippen molar-refractivity contribution in [3.05, 3.63) is 48.3 Å². The number of rotatable bonds is 5. The van der Waals surface area contributed by atoms with Gasteiger partial charge in [0.1, 0.15) is 0 Å². The molecule has 0 aliphatic rings. The molecule has 0 fully saturated rings. The molecule has 0 aliphatic carbocycles. The lowest BCUT2D eigenvalue weighted by atomic mass is 10.2. The molecule has 2 aromatic rings. The van der Waals surface area contributed by atoms with Gasteiger partial charge in [-0.2, -0.15) is 5.26 Å². The highest BCUT2D eigenvalue weighted by atomic mass is 16.5. The molecule has 0 bridgehead atoms. The zero-order valence-electron chi connectivity index (χ0n) is 11.4. The lowest BCUT2D eigenvalue weighted by Gasteiger charge is -2.10. The Morgan fingerprint density at radius 2 is 2.24 bits per heavy atom. The summed E-state index contributed by atoms with van der Waals surface area (Å²) in [4.78, 5) is 15.6. The van der Waals surface area contributed by atoms with Gasteiger partial charge in [0.25, 0.3) is 5.91 Å². The summed E-state index contributed by atoms with van der Waals surface area (Å²) in [5, 5.41) is 11.5. The summed E-state index contributed by atoms with van der Waals surface area (Å²) in [6.45, 7) is -0.169. The maximum absolute atomic E-state index is 11.8. The van der Waals surface area contributed by atoms with Crippen molar-refractivity contribution in [2.24, 2.45) is 0 Å². The first-order chi connectivity index (χ1) is 10.2. The number of anilines is 1. The summed E-state index contributed by atoms with van der Waals surface area (Å²) in [6, 6.07) is 10.2. The van der Waals surface area contributed by atoms with E-state index in [2.05, 4.69) is 10.3 Å². The van der Waals surface area contributed by atoms with Crippen LogP contribution >= 0.6 is 0 Å². The lowest BCUT2D eigenvalue weighted by Crippen LogP contribution is -2.20. The second-order valence-corrected chi connectivity index (χ2v) is 4.06. The number of methoxy groups -OCH3 is 1. The van der Waals surface area contributed by atoms with Crippen molar-refractivity contribution in [2.75, 3.05) is 19.0 Å². The van der Waals surface area contributed by atoms with Gasteiger partial charge in [-0.25, -0.2) is 0 Å². The molecular weight excluding hydrogens is 270 g/mol. The summed E-state index contributed by atoms with van der Waals surface area (Å²) < 4.78 is 10.5. The zero-order chi connectivity index (χ0) is 15.1. The molecule has 1 N–H and O–H groups in total. The van der Waals surface area contributed by atoms with Crippen LogP contribution in [0.3, 0.4) is 0 Å². The van der Waals surface area contributed by atoms with Gasteiger partial charge in [-0.05, 0) is 24.3 Å². The van der Waals surface area contributed by atoms with Gasteiger partial charge in [-0.15, -0.1) is 0 Å². The van der Waals surface area contributed by atoms with Crippen molar-refractivity contribution in [1.29, 1.82) is 5.26 Å². The monoisotopic (exact) mass is 283 g/mol. The van der Waals surface area contributed by atoms with Gasteiger partial charge in [-0.1, -0.05) is 0 Å². The number of amides is 1. The first-order valence-corrected chi connectivity index (χ1v) is 6.13. The Labute approximate surface area is 121 Å². The third-order valence-corrected chi connectivity index (χ3v) is 2.60. The number of nitrogens with zero attached hydrogens (tertiary/aromatic N) is 2. The summed E-state index contributed by atoms with van der Waals surface area (Å²) in [6.07, 6.45) is 3.16. The molecule has 0 radical (unpaired) electrons. The van der Waals surface area contributed by atoms with Gasteiger partial charge in [0, 0.05) is 12.3 Å². The van der Waals surface area contributed by atoms with Crippen LogP contribution in [0.25, 0.3) is 0 Å².